The van der Waals surface area contributed by atoms with E-state index in [1.807, 2.05) is 17.9 Å². The highest BCUT2D eigenvalue weighted by Gasteiger charge is 2.05. The van der Waals surface area contributed by atoms with E-state index in [2.05, 4.69) is 29.1 Å². The third-order valence-corrected chi connectivity index (χ3v) is 3.82. The van der Waals surface area contributed by atoms with Gasteiger partial charge in [-0.05, 0) is 0 Å². The van der Waals surface area contributed by atoms with Gasteiger partial charge in [-0.2, -0.15) is 0 Å². The molecule has 0 amide bonds. The van der Waals surface area contributed by atoms with Crippen molar-refractivity contribution in [2.75, 3.05) is 0 Å². The maximum atomic E-state index is 4.39. The Balaban J connectivity index is 2.04. The van der Waals surface area contributed by atoms with E-state index < -0.39 is 0 Å². The van der Waals surface area contributed by atoms with E-state index in [1.165, 1.54) is 4.88 Å². The molecule has 3 nitrogen and oxygen atoms in total. The van der Waals surface area contributed by atoms with Crippen LogP contribution in [-0.2, 0) is 6.54 Å². The molecule has 0 aromatic carbocycles. The molecule has 2 aromatic rings. The van der Waals surface area contributed by atoms with E-state index in [-0.39, 0.29) is 0 Å². The van der Waals surface area contributed by atoms with Crippen molar-refractivity contribution in [1.82, 2.24) is 15.3 Å². The van der Waals surface area contributed by atoms with Gasteiger partial charge < -0.3 is 5.32 Å². The first-order chi connectivity index (χ1) is 7.25. The van der Waals surface area contributed by atoms with Gasteiger partial charge in [0.05, 0.1) is 10.4 Å². The number of hydrogen-bond acceptors (Lipinski definition) is 5. The van der Waals surface area contributed by atoms with Crippen LogP contribution in [0.5, 0.6) is 0 Å². The van der Waals surface area contributed by atoms with E-state index >= 15 is 0 Å². The molecule has 0 fully saturated rings. The summed E-state index contributed by atoms with van der Waals surface area (Å²) in [5.41, 5.74) is 1.84. The zero-order valence-corrected chi connectivity index (χ0v) is 10.4. The summed E-state index contributed by atoms with van der Waals surface area (Å²) in [4.78, 5) is 10.9. The van der Waals surface area contributed by atoms with Gasteiger partial charge in [0.25, 0.3) is 0 Å². The van der Waals surface area contributed by atoms with Crippen LogP contribution in [0, 0.1) is 0 Å². The van der Waals surface area contributed by atoms with Crippen molar-refractivity contribution in [2.45, 2.75) is 26.4 Å². The fourth-order valence-electron chi connectivity index (χ4n) is 1.13. The molecule has 0 spiro atoms. The van der Waals surface area contributed by atoms with E-state index in [0.717, 1.165) is 16.4 Å². The number of rotatable bonds is 4. The second kappa shape index (κ2) is 4.83. The van der Waals surface area contributed by atoms with Crippen molar-refractivity contribution in [2.24, 2.45) is 0 Å². The predicted molar refractivity (Wildman–Crippen MR) is 65.2 cm³/mol. The van der Waals surface area contributed by atoms with Crippen LogP contribution in [0.25, 0.3) is 9.88 Å². The quantitative estimate of drug-likeness (QED) is 0.891. The van der Waals surface area contributed by atoms with Crippen LogP contribution in [-0.4, -0.2) is 16.0 Å². The van der Waals surface area contributed by atoms with Crippen LogP contribution in [0.15, 0.2) is 17.9 Å². The van der Waals surface area contributed by atoms with Gasteiger partial charge in [0, 0.05) is 29.9 Å². The Labute approximate surface area is 97.2 Å². The fraction of sp³-hybridized carbons (Fsp3) is 0.400. The Hall–Kier alpha value is -0.780. The number of nitrogens with one attached hydrogen (secondary N) is 1. The summed E-state index contributed by atoms with van der Waals surface area (Å²) in [5.74, 6) is 0. The molecule has 5 heteroatoms. The van der Waals surface area contributed by atoms with Gasteiger partial charge in [-0.15, -0.1) is 22.7 Å². The second-order valence-electron chi connectivity index (χ2n) is 3.53. The number of thiazole rings is 2. The Morgan fingerprint density at radius 2 is 2.27 bits per heavy atom. The van der Waals surface area contributed by atoms with Gasteiger partial charge in [0.2, 0.25) is 0 Å². The van der Waals surface area contributed by atoms with Gasteiger partial charge >= 0.3 is 0 Å². The lowest BCUT2D eigenvalue weighted by Crippen LogP contribution is -2.21. The lowest BCUT2D eigenvalue weighted by molar-refractivity contribution is 0.593. The molecule has 15 heavy (non-hydrogen) atoms. The fourth-order valence-corrected chi connectivity index (χ4v) is 2.68. The summed E-state index contributed by atoms with van der Waals surface area (Å²) in [6.45, 7) is 5.18. The van der Waals surface area contributed by atoms with Gasteiger partial charge in [0.1, 0.15) is 5.01 Å². The molecular weight excluding hydrogens is 226 g/mol. The summed E-state index contributed by atoms with van der Waals surface area (Å²) < 4.78 is 0. The van der Waals surface area contributed by atoms with Gasteiger partial charge in [-0.3, -0.25) is 4.98 Å². The first kappa shape index (κ1) is 10.7. The molecule has 0 radical (unpaired) electrons. The highest BCUT2D eigenvalue weighted by Crippen LogP contribution is 2.27. The highest BCUT2D eigenvalue weighted by atomic mass is 32.1. The molecule has 1 N–H and O–H groups in total. The molecule has 2 aromatic heterocycles. The molecule has 80 valence electrons. The lowest BCUT2D eigenvalue weighted by atomic mass is 10.4. The molecule has 0 aliphatic rings. The molecule has 0 aliphatic heterocycles. The van der Waals surface area contributed by atoms with Crippen molar-refractivity contribution in [3.05, 3.63) is 22.8 Å². The standard InChI is InChI=1S/C10H13N3S2/c1-7(2)12-3-8-4-13-10(15-8)9-5-11-6-14-9/h4-7,12H,3H2,1-2H3. The monoisotopic (exact) mass is 239 g/mol. The molecule has 0 saturated carbocycles. The maximum absolute atomic E-state index is 4.39. The Bertz CT molecular complexity index is 406. The van der Waals surface area contributed by atoms with Crippen molar-refractivity contribution >= 4 is 22.7 Å². The van der Waals surface area contributed by atoms with Crippen LogP contribution in [0.2, 0.25) is 0 Å². The smallest absolute Gasteiger partial charge is 0.135 e. The Kier molecular flexibility index (Phi) is 3.45. The zero-order valence-electron chi connectivity index (χ0n) is 8.73. The molecule has 0 bridgehead atoms. The average Bonchev–Trinajstić information content (AvgIpc) is 2.85. The number of hydrogen-bond donors (Lipinski definition) is 1. The summed E-state index contributed by atoms with van der Waals surface area (Å²) in [7, 11) is 0. The molecule has 0 aliphatic carbocycles. The van der Waals surface area contributed by atoms with Gasteiger partial charge in [0.15, 0.2) is 0 Å². The van der Waals surface area contributed by atoms with E-state index in [4.69, 9.17) is 0 Å². The number of aromatic nitrogens is 2. The van der Waals surface area contributed by atoms with Crippen molar-refractivity contribution < 1.29 is 0 Å². The highest BCUT2D eigenvalue weighted by molar-refractivity contribution is 7.20. The molecule has 2 heterocycles. The largest absolute Gasteiger partial charge is 0.310 e. The van der Waals surface area contributed by atoms with Crippen LogP contribution in [0.3, 0.4) is 0 Å². The second-order valence-corrected chi connectivity index (χ2v) is 5.53. The molecular formula is C10H13N3S2. The minimum absolute atomic E-state index is 0.513. The minimum Gasteiger partial charge on any atom is -0.310 e. The summed E-state index contributed by atoms with van der Waals surface area (Å²) >= 11 is 3.36. The summed E-state index contributed by atoms with van der Waals surface area (Å²) in [6, 6.07) is 0.513. The van der Waals surface area contributed by atoms with Crippen LogP contribution >= 0.6 is 22.7 Å². The summed E-state index contributed by atoms with van der Waals surface area (Å²) in [5, 5.41) is 4.45. The van der Waals surface area contributed by atoms with Crippen LogP contribution in [0.1, 0.15) is 18.7 Å². The van der Waals surface area contributed by atoms with Crippen molar-refractivity contribution in [3.8, 4) is 9.88 Å². The van der Waals surface area contributed by atoms with Crippen molar-refractivity contribution in [3.63, 3.8) is 0 Å². The molecule has 0 atom stereocenters. The maximum Gasteiger partial charge on any atom is 0.135 e. The van der Waals surface area contributed by atoms with Crippen molar-refractivity contribution in [1.29, 1.82) is 0 Å². The van der Waals surface area contributed by atoms with E-state index in [9.17, 15) is 0 Å². The Morgan fingerprint density at radius 1 is 1.40 bits per heavy atom. The SMILES string of the molecule is CC(C)NCc1cnc(-c2cncs2)s1. The third kappa shape index (κ3) is 2.84. The lowest BCUT2D eigenvalue weighted by Gasteiger charge is -2.04. The van der Waals surface area contributed by atoms with E-state index in [0.29, 0.717) is 6.04 Å². The van der Waals surface area contributed by atoms with E-state index in [1.54, 1.807) is 22.7 Å². The topological polar surface area (TPSA) is 37.8 Å². The molecule has 0 unspecified atom stereocenters. The Morgan fingerprint density at radius 3 is 2.93 bits per heavy atom. The predicted octanol–water partition coefficient (Wildman–Crippen LogP) is 2.76. The third-order valence-electron chi connectivity index (χ3n) is 1.88. The van der Waals surface area contributed by atoms with Crippen LogP contribution < -0.4 is 5.32 Å². The van der Waals surface area contributed by atoms with Gasteiger partial charge in [-0.25, -0.2) is 4.98 Å². The van der Waals surface area contributed by atoms with Gasteiger partial charge in [-0.1, -0.05) is 13.8 Å². The zero-order chi connectivity index (χ0) is 10.7. The van der Waals surface area contributed by atoms with Crippen LogP contribution in [0.4, 0.5) is 0 Å². The minimum atomic E-state index is 0.513. The average molecular weight is 239 g/mol. The molecule has 0 saturated heterocycles. The first-order valence-corrected chi connectivity index (χ1v) is 6.52. The summed E-state index contributed by atoms with van der Waals surface area (Å²) in [6.07, 6.45) is 3.80. The first-order valence-electron chi connectivity index (χ1n) is 4.82. The molecule has 2 rings (SSSR count). The number of nitrogens with zero attached hydrogens (tertiary/aromatic N) is 2. The normalized spacial score (nSPS) is 11.1.